The molecule has 1 atom stereocenters. The molecule has 0 saturated carbocycles. The minimum absolute atomic E-state index is 0.232. The number of anilines is 1. The third-order valence-corrected chi connectivity index (χ3v) is 4.65. The Hall–Kier alpha value is -3.02. The second-order valence-corrected chi connectivity index (χ2v) is 6.44. The number of hydrogen-bond acceptors (Lipinski definition) is 5. The highest BCUT2D eigenvalue weighted by Crippen LogP contribution is 2.26. The van der Waals surface area contributed by atoms with Crippen LogP contribution in [0, 0.1) is 0 Å². The lowest BCUT2D eigenvalue weighted by molar-refractivity contribution is -0.123. The molecule has 1 amide bonds. The monoisotopic (exact) mass is 369 g/mol. The highest BCUT2D eigenvalue weighted by molar-refractivity contribution is 5.98. The number of amides is 1. The van der Waals surface area contributed by atoms with Crippen molar-refractivity contribution in [2.24, 2.45) is 0 Å². The van der Waals surface area contributed by atoms with Gasteiger partial charge in [0.2, 0.25) is 0 Å². The van der Waals surface area contributed by atoms with Crippen molar-refractivity contribution in [3.8, 4) is 11.5 Å². The Morgan fingerprint density at radius 2 is 1.78 bits per heavy atom. The molecule has 0 spiro atoms. The first kappa shape index (κ1) is 18.8. The molecule has 2 aromatic carbocycles. The lowest BCUT2D eigenvalue weighted by Crippen LogP contribution is -2.30. The van der Waals surface area contributed by atoms with Crippen LogP contribution in [0.15, 0.2) is 36.4 Å². The summed E-state index contributed by atoms with van der Waals surface area (Å²) in [5.41, 5.74) is 3.54. The first-order chi connectivity index (χ1) is 13.0. The number of fused-ring (bicyclic) bond motifs is 1. The van der Waals surface area contributed by atoms with Gasteiger partial charge in [-0.25, -0.2) is 4.79 Å². The van der Waals surface area contributed by atoms with Crippen molar-refractivity contribution in [3.05, 3.63) is 53.1 Å². The lowest BCUT2D eigenvalue weighted by Gasteiger charge is -2.15. The molecule has 0 aliphatic heterocycles. The summed E-state index contributed by atoms with van der Waals surface area (Å²) < 4.78 is 15.6. The van der Waals surface area contributed by atoms with E-state index in [4.69, 9.17) is 14.2 Å². The maximum absolute atomic E-state index is 12.4. The van der Waals surface area contributed by atoms with Crippen molar-refractivity contribution in [2.75, 3.05) is 19.5 Å². The molecule has 1 aliphatic carbocycles. The summed E-state index contributed by atoms with van der Waals surface area (Å²) in [7, 11) is 2.98. The number of carbonyl (C=O) groups excluding carboxylic acids is 2. The first-order valence-corrected chi connectivity index (χ1v) is 8.87. The predicted octanol–water partition coefficient (Wildman–Crippen LogP) is 3.38. The number of hydrogen-bond donors (Lipinski definition) is 1. The third kappa shape index (κ3) is 4.22. The van der Waals surface area contributed by atoms with Crippen molar-refractivity contribution in [2.45, 2.75) is 32.3 Å². The number of rotatable bonds is 6. The van der Waals surface area contributed by atoms with Gasteiger partial charge < -0.3 is 19.5 Å². The Labute approximate surface area is 158 Å². The Kier molecular flexibility index (Phi) is 5.64. The van der Waals surface area contributed by atoms with Gasteiger partial charge in [-0.15, -0.1) is 0 Å². The van der Waals surface area contributed by atoms with Crippen molar-refractivity contribution in [1.82, 2.24) is 0 Å². The van der Waals surface area contributed by atoms with E-state index in [1.54, 1.807) is 18.2 Å². The van der Waals surface area contributed by atoms with Crippen LogP contribution in [-0.2, 0) is 22.4 Å². The summed E-state index contributed by atoms with van der Waals surface area (Å²) in [6.07, 6.45) is 2.31. The van der Waals surface area contributed by atoms with Gasteiger partial charge in [0.05, 0.1) is 14.2 Å². The van der Waals surface area contributed by atoms with E-state index in [0.29, 0.717) is 17.2 Å². The average Bonchev–Trinajstić information content (AvgIpc) is 3.15. The molecule has 0 unspecified atom stereocenters. The van der Waals surface area contributed by atoms with Crippen LogP contribution >= 0.6 is 0 Å². The summed E-state index contributed by atoms with van der Waals surface area (Å²) in [6, 6.07) is 10.7. The minimum Gasteiger partial charge on any atom is -0.497 e. The standard InChI is InChI=1S/C21H23NO5/c1-13(20(23)22-16-8-7-14-5-4-6-15(14)11-16)27-21(24)18-10-9-17(25-2)12-19(18)26-3/h7-13H,4-6H2,1-3H3,(H,22,23)/t13-/m0/s1. The highest BCUT2D eigenvalue weighted by atomic mass is 16.5. The van der Waals surface area contributed by atoms with Gasteiger partial charge >= 0.3 is 5.97 Å². The minimum atomic E-state index is -0.947. The molecule has 0 radical (unpaired) electrons. The number of carbonyl (C=O) groups is 2. The zero-order chi connectivity index (χ0) is 19.4. The zero-order valence-corrected chi connectivity index (χ0v) is 15.7. The highest BCUT2D eigenvalue weighted by Gasteiger charge is 2.22. The van der Waals surface area contributed by atoms with Crippen LogP contribution in [-0.4, -0.2) is 32.2 Å². The molecular weight excluding hydrogens is 346 g/mol. The topological polar surface area (TPSA) is 73.9 Å². The molecule has 0 aromatic heterocycles. The predicted molar refractivity (Wildman–Crippen MR) is 102 cm³/mol. The summed E-state index contributed by atoms with van der Waals surface area (Å²) >= 11 is 0. The second kappa shape index (κ2) is 8.12. The molecule has 6 heteroatoms. The fraction of sp³-hybridized carbons (Fsp3) is 0.333. The van der Waals surface area contributed by atoms with Gasteiger partial charge in [-0.2, -0.15) is 0 Å². The Bertz CT molecular complexity index is 862. The van der Waals surface area contributed by atoms with Crippen LogP contribution in [0.1, 0.15) is 34.8 Å². The van der Waals surface area contributed by atoms with Crippen molar-refractivity contribution < 1.29 is 23.8 Å². The van der Waals surface area contributed by atoms with E-state index in [9.17, 15) is 9.59 Å². The molecular formula is C21H23NO5. The SMILES string of the molecule is COc1ccc(C(=O)O[C@@H](C)C(=O)Nc2ccc3c(c2)CCC3)c(OC)c1. The molecule has 27 heavy (non-hydrogen) atoms. The fourth-order valence-corrected chi connectivity index (χ4v) is 3.14. The number of nitrogens with one attached hydrogen (secondary N) is 1. The van der Waals surface area contributed by atoms with Gasteiger partial charge in [-0.1, -0.05) is 6.07 Å². The maximum atomic E-state index is 12.4. The van der Waals surface area contributed by atoms with Crippen LogP contribution in [0.3, 0.4) is 0 Å². The van der Waals surface area contributed by atoms with Crippen LogP contribution in [0.4, 0.5) is 5.69 Å². The van der Waals surface area contributed by atoms with Crippen LogP contribution < -0.4 is 14.8 Å². The molecule has 6 nitrogen and oxygen atoms in total. The molecule has 3 rings (SSSR count). The van der Waals surface area contributed by atoms with E-state index in [0.717, 1.165) is 19.3 Å². The number of aryl methyl sites for hydroxylation is 2. The van der Waals surface area contributed by atoms with Gasteiger partial charge in [0.25, 0.3) is 5.91 Å². The van der Waals surface area contributed by atoms with Crippen LogP contribution in [0.5, 0.6) is 11.5 Å². The molecule has 142 valence electrons. The van der Waals surface area contributed by atoms with E-state index < -0.39 is 12.1 Å². The molecule has 0 bridgehead atoms. The molecule has 1 N–H and O–H groups in total. The van der Waals surface area contributed by atoms with E-state index >= 15 is 0 Å². The second-order valence-electron chi connectivity index (χ2n) is 6.44. The van der Waals surface area contributed by atoms with E-state index in [2.05, 4.69) is 5.32 Å². The lowest BCUT2D eigenvalue weighted by atomic mass is 10.1. The number of methoxy groups -OCH3 is 2. The average molecular weight is 369 g/mol. The molecule has 0 fully saturated rings. The van der Waals surface area contributed by atoms with Gasteiger partial charge in [0.15, 0.2) is 6.10 Å². The van der Waals surface area contributed by atoms with Crippen molar-refractivity contribution >= 4 is 17.6 Å². The smallest absolute Gasteiger partial charge is 0.342 e. The molecule has 1 aliphatic rings. The summed E-state index contributed by atoms with van der Waals surface area (Å²) in [5, 5.41) is 2.81. The molecule has 0 heterocycles. The molecule has 2 aromatic rings. The fourth-order valence-electron chi connectivity index (χ4n) is 3.14. The molecule has 0 saturated heterocycles. The Morgan fingerprint density at radius 3 is 2.52 bits per heavy atom. The van der Waals surface area contributed by atoms with E-state index in [1.807, 2.05) is 18.2 Å². The normalized spacial score (nSPS) is 13.4. The maximum Gasteiger partial charge on any atom is 0.342 e. The van der Waals surface area contributed by atoms with Gasteiger partial charge in [0.1, 0.15) is 17.1 Å². The first-order valence-electron chi connectivity index (χ1n) is 8.87. The van der Waals surface area contributed by atoms with Crippen LogP contribution in [0.25, 0.3) is 0 Å². The summed E-state index contributed by atoms with van der Waals surface area (Å²) in [6.45, 7) is 1.54. The van der Waals surface area contributed by atoms with Crippen molar-refractivity contribution in [1.29, 1.82) is 0 Å². The van der Waals surface area contributed by atoms with Gasteiger partial charge in [0, 0.05) is 11.8 Å². The quantitative estimate of drug-likeness (QED) is 0.790. The van der Waals surface area contributed by atoms with Gasteiger partial charge in [-0.3, -0.25) is 4.79 Å². The summed E-state index contributed by atoms with van der Waals surface area (Å²) in [5.74, 6) is -0.128. The van der Waals surface area contributed by atoms with E-state index in [1.165, 1.54) is 32.3 Å². The van der Waals surface area contributed by atoms with Crippen molar-refractivity contribution in [3.63, 3.8) is 0 Å². The van der Waals surface area contributed by atoms with Gasteiger partial charge in [-0.05, 0) is 61.6 Å². The Balaban J connectivity index is 1.65. The number of esters is 1. The Morgan fingerprint density at radius 1 is 1.00 bits per heavy atom. The number of ether oxygens (including phenoxy) is 3. The third-order valence-electron chi connectivity index (χ3n) is 4.65. The number of benzene rings is 2. The van der Waals surface area contributed by atoms with Crippen LogP contribution in [0.2, 0.25) is 0 Å². The summed E-state index contributed by atoms with van der Waals surface area (Å²) in [4.78, 5) is 24.8. The van der Waals surface area contributed by atoms with E-state index in [-0.39, 0.29) is 11.5 Å². The zero-order valence-electron chi connectivity index (χ0n) is 15.7. The largest absolute Gasteiger partial charge is 0.497 e.